The van der Waals surface area contributed by atoms with Crippen LogP contribution < -0.4 is 0 Å². The van der Waals surface area contributed by atoms with Crippen molar-refractivity contribution >= 4 is 27.7 Å². The zero-order chi connectivity index (χ0) is 9.42. The molecule has 0 atom stereocenters. The Labute approximate surface area is 76.6 Å². The molecule has 4 heteroatoms. The first kappa shape index (κ1) is 8.31. The predicted molar refractivity (Wildman–Crippen MR) is 47.1 cm³/mol. The molecule has 0 radical (unpaired) electrons. The van der Waals surface area contributed by atoms with Gasteiger partial charge < -0.3 is 0 Å². The van der Waals surface area contributed by atoms with Gasteiger partial charge in [0.05, 0.1) is 4.70 Å². The van der Waals surface area contributed by atoms with Gasteiger partial charge in [-0.25, -0.2) is 4.39 Å². The van der Waals surface area contributed by atoms with Crippen LogP contribution in [0.3, 0.4) is 0 Å². The standard InChI is InChI=1S/C9H4F2OS/c10-7-2-1-5(4-12)6-3-8(11)13-9(6)7/h1-4H. The fourth-order valence-corrected chi connectivity index (χ4v) is 2.01. The second-order valence-electron chi connectivity index (χ2n) is 2.55. The number of fused-ring (bicyclic) bond motifs is 1. The van der Waals surface area contributed by atoms with E-state index >= 15 is 0 Å². The SMILES string of the molecule is O=Cc1ccc(F)c2sc(F)cc12. The molecule has 0 aliphatic rings. The molecule has 0 aliphatic carbocycles. The van der Waals surface area contributed by atoms with E-state index in [9.17, 15) is 13.6 Å². The molecule has 1 nitrogen and oxygen atoms in total. The van der Waals surface area contributed by atoms with Gasteiger partial charge in [0.1, 0.15) is 5.82 Å². The van der Waals surface area contributed by atoms with Crippen LogP contribution in [0.1, 0.15) is 10.4 Å². The van der Waals surface area contributed by atoms with Gasteiger partial charge in [-0.1, -0.05) is 0 Å². The maximum Gasteiger partial charge on any atom is 0.177 e. The topological polar surface area (TPSA) is 17.1 Å². The van der Waals surface area contributed by atoms with Crippen molar-refractivity contribution in [3.05, 3.63) is 34.7 Å². The Morgan fingerprint density at radius 2 is 2.08 bits per heavy atom. The maximum atomic E-state index is 13.0. The maximum absolute atomic E-state index is 13.0. The van der Waals surface area contributed by atoms with Crippen molar-refractivity contribution in [2.45, 2.75) is 0 Å². The van der Waals surface area contributed by atoms with E-state index in [0.717, 1.165) is 0 Å². The second-order valence-corrected chi connectivity index (χ2v) is 3.55. The van der Waals surface area contributed by atoms with E-state index in [0.29, 0.717) is 28.6 Å². The number of aldehydes is 1. The number of benzene rings is 1. The smallest absolute Gasteiger partial charge is 0.177 e. The lowest BCUT2D eigenvalue weighted by atomic mass is 10.1. The molecule has 0 fully saturated rings. The first-order valence-corrected chi connectivity index (χ1v) is 4.37. The lowest BCUT2D eigenvalue weighted by Crippen LogP contribution is -1.82. The van der Waals surface area contributed by atoms with Gasteiger partial charge in [-0.3, -0.25) is 4.79 Å². The highest BCUT2D eigenvalue weighted by atomic mass is 32.1. The van der Waals surface area contributed by atoms with E-state index in [2.05, 4.69) is 0 Å². The lowest BCUT2D eigenvalue weighted by molar-refractivity contribution is 0.112. The van der Waals surface area contributed by atoms with E-state index in [4.69, 9.17) is 0 Å². The number of carbonyl (C=O) groups excluding carboxylic acids is 1. The fourth-order valence-electron chi connectivity index (χ4n) is 1.18. The molecule has 0 aliphatic heterocycles. The van der Waals surface area contributed by atoms with Crippen molar-refractivity contribution in [2.24, 2.45) is 0 Å². The molecule has 2 aromatic rings. The summed E-state index contributed by atoms with van der Waals surface area (Å²) in [5.74, 6) is -0.491. The van der Waals surface area contributed by atoms with Crippen LogP contribution in [0.5, 0.6) is 0 Å². The molecule has 0 amide bonds. The first-order valence-electron chi connectivity index (χ1n) is 3.55. The van der Waals surface area contributed by atoms with Crippen LogP contribution in [-0.4, -0.2) is 6.29 Å². The minimum atomic E-state index is -0.491. The molecular weight excluding hydrogens is 194 g/mol. The van der Waals surface area contributed by atoms with Crippen molar-refractivity contribution < 1.29 is 13.6 Å². The van der Waals surface area contributed by atoms with Gasteiger partial charge in [0.15, 0.2) is 11.4 Å². The molecule has 0 saturated heterocycles. The number of rotatable bonds is 1. The number of hydrogen-bond acceptors (Lipinski definition) is 2. The van der Waals surface area contributed by atoms with Crippen LogP contribution in [0.4, 0.5) is 8.78 Å². The Kier molecular flexibility index (Phi) is 1.84. The summed E-state index contributed by atoms with van der Waals surface area (Å²) >= 11 is 0.708. The van der Waals surface area contributed by atoms with Crippen molar-refractivity contribution in [2.75, 3.05) is 0 Å². The summed E-state index contributed by atoms with van der Waals surface area (Å²) in [5.41, 5.74) is 0.316. The van der Waals surface area contributed by atoms with Crippen molar-refractivity contribution in [3.8, 4) is 0 Å². The summed E-state index contributed by atoms with van der Waals surface area (Å²) in [6, 6.07) is 3.69. The van der Waals surface area contributed by atoms with Crippen molar-refractivity contribution in [1.29, 1.82) is 0 Å². The number of halogens is 2. The van der Waals surface area contributed by atoms with Gasteiger partial charge in [-0.2, -0.15) is 4.39 Å². The van der Waals surface area contributed by atoms with Crippen LogP contribution in [0.2, 0.25) is 0 Å². The number of hydrogen-bond donors (Lipinski definition) is 0. The molecule has 0 saturated carbocycles. The Bertz CT molecular complexity index is 476. The van der Waals surface area contributed by atoms with Gasteiger partial charge in [0.2, 0.25) is 0 Å². The molecule has 1 heterocycles. The largest absolute Gasteiger partial charge is 0.298 e. The van der Waals surface area contributed by atoms with Crippen molar-refractivity contribution in [1.82, 2.24) is 0 Å². The Morgan fingerprint density at radius 1 is 1.31 bits per heavy atom. The average molecular weight is 198 g/mol. The third kappa shape index (κ3) is 1.23. The van der Waals surface area contributed by atoms with Gasteiger partial charge >= 0.3 is 0 Å². The highest BCUT2D eigenvalue weighted by molar-refractivity contribution is 7.17. The van der Waals surface area contributed by atoms with Crippen LogP contribution in [-0.2, 0) is 0 Å². The number of thiophene rings is 1. The van der Waals surface area contributed by atoms with E-state index < -0.39 is 10.9 Å². The van der Waals surface area contributed by atoms with E-state index in [1.165, 1.54) is 18.2 Å². The fraction of sp³-hybridized carbons (Fsp3) is 0. The zero-order valence-corrected chi connectivity index (χ0v) is 7.20. The Balaban J connectivity index is 2.91. The minimum absolute atomic E-state index is 0.196. The summed E-state index contributed by atoms with van der Waals surface area (Å²) in [7, 11) is 0. The summed E-state index contributed by atoms with van der Waals surface area (Å²) in [6.45, 7) is 0. The van der Waals surface area contributed by atoms with Crippen LogP contribution in [0.15, 0.2) is 18.2 Å². The molecule has 0 bridgehead atoms. The van der Waals surface area contributed by atoms with E-state index in [1.54, 1.807) is 0 Å². The predicted octanol–water partition coefficient (Wildman–Crippen LogP) is 2.99. The van der Waals surface area contributed by atoms with E-state index in [-0.39, 0.29) is 4.70 Å². The Hall–Kier alpha value is -1.29. The normalized spacial score (nSPS) is 10.6. The van der Waals surface area contributed by atoms with Crippen LogP contribution >= 0.6 is 11.3 Å². The Morgan fingerprint density at radius 3 is 2.77 bits per heavy atom. The van der Waals surface area contributed by atoms with E-state index in [1.807, 2.05) is 0 Å². The molecule has 0 spiro atoms. The molecule has 1 aromatic carbocycles. The van der Waals surface area contributed by atoms with Gasteiger partial charge in [0, 0.05) is 10.9 Å². The second kappa shape index (κ2) is 2.88. The molecule has 0 unspecified atom stereocenters. The van der Waals surface area contributed by atoms with Gasteiger partial charge in [-0.05, 0) is 18.2 Å². The third-order valence-electron chi connectivity index (χ3n) is 1.77. The highest BCUT2D eigenvalue weighted by Gasteiger charge is 2.09. The molecular formula is C9H4F2OS. The molecule has 66 valence electrons. The molecule has 1 aromatic heterocycles. The summed E-state index contributed by atoms with van der Waals surface area (Å²) in [4.78, 5) is 10.5. The quantitative estimate of drug-likeness (QED) is 0.644. The molecule has 13 heavy (non-hydrogen) atoms. The van der Waals surface area contributed by atoms with Crippen LogP contribution in [0, 0.1) is 10.9 Å². The average Bonchev–Trinajstić information content (AvgIpc) is 2.48. The summed E-state index contributed by atoms with van der Waals surface area (Å²) in [6.07, 6.45) is 0.591. The molecule has 0 N–H and O–H groups in total. The van der Waals surface area contributed by atoms with Gasteiger partial charge in [0.25, 0.3) is 0 Å². The number of carbonyl (C=O) groups is 1. The lowest BCUT2D eigenvalue weighted by Gasteiger charge is -1.93. The minimum Gasteiger partial charge on any atom is -0.298 e. The zero-order valence-electron chi connectivity index (χ0n) is 6.38. The summed E-state index contributed by atoms with van der Waals surface area (Å²) < 4.78 is 26.0. The first-order chi connectivity index (χ1) is 6.22. The monoisotopic (exact) mass is 198 g/mol. The third-order valence-corrected chi connectivity index (χ3v) is 2.70. The summed E-state index contributed by atoms with van der Waals surface area (Å²) in [5, 5.41) is -0.138. The molecule has 2 rings (SSSR count). The van der Waals surface area contributed by atoms with Crippen molar-refractivity contribution in [3.63, 3.8) is 0 Å². The van der Waals surface area contributed by atoms with Gasteiger partial charge in [-0.15, -0.1) is 11.3 Å². The highest BCUT2D eigenvalue weighted by Crippen LogP contribution is 2.28. The van der Waals surface area contributed by atoms with Crippen LogP contribution in [0.25, 0.3) is 10.1 Å².